The summed E-state index contributed by atoms with van der Waals surface area (Å²) < 4.78 is 5.71. The Kier molecular flexibility index (Phi) is 5.41. The number of esters is 1. The zero-order valence-corrected chi connectivity index (χ0v) is 17.9. The number of carbonyl (C=O) groups is 1. The third-order valence-electron chi connectivity index (χ3n) is 5.97. The molecule has 3 N–H and O–H groups in total. The van der Waals surface area contributed by atoms with Gasteiger partial charge < -0.3 is 15.5 Å². The smallest absolute Gasteiger partial charge is 0.339 e. The Bertz CT molecular complexity index is 1270. The molecule has 0 aliphatic heterocycles. The summed E-state index contributed by atoms with van der Waals surface area (Å²) in [6.07, 6.45) is 6.58. The largest absolute Gasteiger partial charge is 0.459 e. The summed E-state index contributed by atoms with van der Waals surface area (Å²) in [5.74, 6) is -0.338. The lowest BCUT2D eigenvalue weighted by atomic mass is 9.94. The van der Waals surface area contributed by atoms with Crippen LogP contribution in [0.3, 0.4) is 0 Å². The van der Waals surface area contributed by atoms with Gasteiger partial charge in [-0.15, -0.1) is 0 Å². The van der Waals surface area contributed by atoms with Crippen molar-refractivity contribution in [1.82, 2.24) is 19.9 Å². The Morgan fingerprint density at radius 3 is 2.75 bits per heavy atom. The van der Waals surface area contributed by atoms with E-state index in [1.807, 2.05) is 49.4 Å². The normalized spacial score (nSPS) is 18.6. The maximum absolute atomic E-state index is 12.7. The van der Waals surface area contributed by atoms with Crippen molar-refractivity contribution in [2.75, 3.05) is 0 Å². The highest BCUT2D eigenvalue weighted by atomic mass is 16.5. The van der Waals surface area contributed by atoms with E-state index in [1.165, 1.54) is 0 Å². The van der Waals surface area contributed by atoms with Gasteiger partial charge in [0, 0.05) is 28.9 Å². The first-order chi connectivity index (χ1) is 15.6. The van der Waals surface area contributed by atoms with Crippen LogP contribution in [0.5, 0.6) is 0 Å². The summed E-state index contributed by atoms with van der Waals surface area (Å²) in [7, 11) is 0. The summed E-state index contributed by atoms with van der Waals surface area (Å²) in [4.78, 5) is 29.5. The van der Waals surface area contributed by atoms with Crippen molar-refractivity contribution in [2.45, 2.75) is 44.8 Å². The van der Waals surface area contributed by atoms with E-state index in [0.717, 1.165) is 64.9 Å². The molecule has 3 heterocycles. The van der Waals surface area contributed by atoms with E-state index in [0.29, 0.717) is 5.56 Å². The molecule has 5 rings (SSSR count). The standard InChI is InChI=1S/C25H25N5O2/c1-15-3-2-4-22(30-15)24-23(28-14-29-24)16-5-10-21-17(11-16)12-18(13-27-21)25(31)32-20-8-6-19(26)7-9-20/h2-5,10-14,19-20H,6-9,26H2,1H3,(H,28,29). The molecular weight excluding hydrogens is 402 g/mol. The number of fused-ring (bicyclic) bond motifs is 1. The van der Waals surface area contributed by atoms with Crippen molar-refractivity contribution in [1.29, 1.82) is 0 Å². The first kappa shape index (κ1) is 20.3. The van der Waals surface area contributed by atoms with E-state index < -0.39 is 0 Å². The molecule has 162 valence electrons. The van der Waals surface area contributed by atoms with Gasteiger partial charge in [-0.2, -0.15) is 0 Å². The number of ether oxygens (including phenoxy) is 1. The number of benzene rings is 1. The summed E-state index contributed by atoms with van der Waals surface area (Å²) in [5.41, 5.74) is 11.6. The van der Waals surface area contributed by atoms with E-state index in [-0.39, 0.29) is 18.1 Å². The Balaban J connectivity index is 1.43. The van der Waals surface area contributed by atoms with Crippen molar-refractivity contribution in [2.24, 2.45) is 5.73 Å². The molecule has 0 amide bonds. The number of nitrogens with two attached hydrogens (primary N) is 1. The molecule has 0 bridgehead atoms. The maximum atomic E-state index is 12.7. The second kappa shape index (κ2) is 8.51. The van der Waals surface area contributed by atoms with Gasteiger partial charge in [0.05, 0.1) is 34.5 Å². The van der Waals surface area contributed by atoms with Crippen LogP contribution in [0.25, 0.3) is 33.5 Å². The number of hydrogen-bond acceptors (Lipinski definition) is 6. The minimum Gasteiger partial charge on any atom is -0.459 e. The molecule has 0 spiro atoms. The summed E-state index contributed by atoms with van der Waals surface area (Å²) >= 11 is 0. The third-order valence-corrected chi connectivity index (χ3v) is 5.97. The lowest BCUT2D eigenvalue weighted by molar-refractivity contribution is 0.0197. The van der Waals surface area contributed by atoms with Crippen molar-refractivity contribution >= 4 is 16.9 Å². The fraction of sp³-hybridized carbons (Fsp3) is 0.280. The van der Waals surface area contributed by atoms with Crippen LogP contribution < -0.4 is 5.73 Å². The van der Waals surface area contributed by atoms with Gasteiger partial charge in [0.2, 0.25) is 0 Å². The van der Waals surface area contributed by atoms with Gasteiger partial charge in [0.15, 0.2) is 0 Å². The lowest BCUT2D eigenvalue weighted by Gasteiger charge is -2.25. The number of aromatic amines is 1. The van der Waals surface area contributed by atoms with E-state index in [1.54, 1.807) is 12.5 Å². The molecule has 0 atom stereocenters. The Morgan fingerprint density at radius 2 is 1.94 bits per heavy atom. The Morgan fingerprint density at radius 1 is 1.09 bits per heavy atom. The van der Waals surface area contributed by atoms with Crippen molar-refractivity contribution < 1.29 is 9.53 Å². The number of nitrogens with one attached hydrogen (secondary N) is 1. The monoisotopic (exact) mass is 427 g/mol. The van der Waals surface area contributed by atoms with Crippen molar-refractivity contribution in [3.8, 4) is 22.6 Å². The van der Waals surface area contributed by atoms with Crippen molar-refractivity contribution in [3.05, 3.63) is 66.2 Å². The van der Waals surface area contributed by atoms with Gasteiger partial charge in [-0.3, -0.25) is 9.97 Å². The van der Waals surface area contributed by atoms with E-state index in [9.17, 15) is 4.79 Å². The molecule has 0 radical (unpaired) electrons. The number of H-pyrrole nitrogens is 1. The van der Waals surface area contributed by atoms with E-state index in [4.69, 9.17) is 10.5 Å². The van der Waals surface area contributed by atoms with Gasteiger partial charge in [-0.25, -0.2) is 9.78 Å². The number of carbonyl (C=O) groups excluding carboxylic acids is 1. The topological polar surface area (TPSA) is 107 Å². The lowest BCUT2D eigenvalue weighted by Crippen LogP contribution is -2.31. The zero-order chi connectivity index (χ0) is 22.1. The molecule has 4 aromatic rings. The van der Waals surface area contributed by atoms with Crippen LogP contribution in [0.4, 0.5) is 0 Å². The summed E-state index contributed by atoms with van der Waals surface area (Å²) in [6.45, 7) is 1.96. The molecule has 1 saturated carbocycles. The molecule has 1 aliphatic carbocycles. The first-order valence-electron chi connectivity index (χ1n) is 10.9. The molecule has 3 aromatic heterocycles. The third kappa shape index (κ3) is 4.11. The van der Waals surface area contributed by atoms with Crippen molar-refractivity contribution in [3.63, 3.8) is 0 Å². The van der Waals surface area contributed by atoms with Gasteiger partial charge in [0.1, 0.15) is 6.10 Å². The number of pyridine rings is 2. The second-order valence-corrected chi connectivity index (χ2v) is 8.36. The van der Waals surface area contributed by atoms with Crippen LogP contribution in [0.15, 0.2) is 55.0 Å². The van der Waals surface area contributed by atoms with Gasteiger partial charge in [0.25, 0.3) is 0 Å². The van der Waals surface area contributed by atoms with Crippen LogP contribution in [0.1, 0.15) is 41.7 Å². The average molecular weight is 428 g/mol. The molecule has 7 heteroatoms. The number of aromatic nitrogens is 4. The van der Waals surface area contributed by atoms with Crippen LogP contribution in [-0.2, 0) is 4.74 Å². The Hall–Kier alpha value is -3.58. The van der Waals surface area contributed by atoms with E-state index in [2.05, 4.69) is 19.9 Å². The number of imidazole rings is 1. The molecule has 1 fully saturated rings. The van der Waals surface area contributed by atoms with E-state index >= 15 is 0 Å². The predicted octanol–water partition coefficient (Wildman–Crippen LogP) is 4.42. The molecule has 1 aromatic carbocycles. The molecular formula is C25H25N5O2. The number of hydrogen-bond donors (Lipinski definition) is 2. The zero-order valence-electron chi connectivity index (χ0n) is 17.9. The quantitative estimate of drug-likeness (QED) is 0.467. The van der Waals surface area contributed by atoms with Gasteiger partial charge in [-0.05, 0) is 62.9 Å². The predicted molar refractivity (Wildman–Crippen MR) is 123 cm³/mol. The maximum Gasteiger partial charge on any atom is 0.339 e. The van der Waals surface area contributed by atoms with Crippen LogP contribution >= 0.6 is 0 Å². The minimum absolute atomic E-state index is 0.0715. The molecule has 7 nitrogen and oxygen atoms in total. The summed E-state index contributed by atoms with van der Waals surface area (Å²) in [6, 6.07) is 13.9. The summed E-state index contributed by atoms with van der Waals surface area (Å²) in [5, 5.41) is 0.855. The number of aryl methyl sites for hydroxylation is 1. The average Bonchev–Trinajstić information content (AvgIpc) is 3.30. The SMILES string of the molecule is Cc1cccc(-c2[nH]cnc2-c2ccc3ncc(C(=O)OC4CCC(N)CC4)cc3c2)n1. The minimum atomic E-state index is -0.338. The van der Waals surface area contributed by atoms with Crippen LogP contribution in [-0.4, -0.2) is 38.1 Å². The van der Waals surface area contributed by atoms with Gasteiger partial charge in [-0.1, -0.05) is 12.1 Å². The van der Waals surface area contributed by atoms with Crippen LogP contribution in [0.2, 0.25) is 0 Å². The van der Waals surface area contributed by atoms with Gasteiger partial charge >= 0.3 is 5.97 Å². The second-order valence-electron chi connectivity index (χ2n) is 8.36. The molecule has 0 saturated heterocycles. The molecule has 1 aliphatic rings. The number of rotatable bonds is 4. The first-order valence-corrected chi connectivity index (χ1v) is 10.9. The Labute approximate surface area is 186 Å². The highest BCUT2D eigenvalue weighted by Crippen LogP contribution is 2.30. The fourth-order valence-corrected chi connectivity index (χ4v) is 4.21. The molecule has 32 heavy (non-hydrogen) atoms. The highest BCUT2D eigenvalue weighted by molar-refractivity contribution is 5.95. The highest BCUT2D eigenvalue weighted by Gasteiger charge is 2.23. The fourth-order valence-electron chi connectivity index (χ4n) is 4.21. The molecule has 0 unspecified atom stereocenters. The van der Waals surface area contributed by atoms with Crippen LogP contribution in [0, 0.1) is 6.92 Å². The number of nitrogens with zero attached hydrogens (tertiary/aromatic N) is 3.